The number of nitrogens with zero attached hydrogens (tertiary/aromatic N) is 1. The van der Waals surface area contributed by atoms with Gasteiger partial charge in [0, 0.05) is 26.0 Å². The first-order chi connectivity index (χ1) is 10.2. The summed E-state index contributed by atoms with van der Waals surface area (Å²) in [6.07, 6.45) is 2.97. The minimum absolute atomic E-state index is 0.116. The molecule has 0 spiro atoms. The third-order valence-corrected chi connectivity index (χ3v) is 2.43. The van der Waals surface area contributed by atoms with E-state index < -0.39 is 0 Å². The van der Waals surface area contributed by atoms with Gasteiger partial charge < -0.3 is 21.1 Å². The quantitative estimate of drug-likeness (QED) is 0.455. The van der Waals surface area contributed by atoms with E-state index in [1.165, 1.54) is 12.4 Å². The number of aromatic nitrogens is 1. The van der Waals surface area contributed by atoms with Gasteiger partial charge in [0.2, 0.25) is 5.91 Å². The number of carbonyl (C=O) groups is 2. The van der Waals surface area contributed by atoms with E-state index in [2.05, 4.69) is 27.5 Å². The normalized spacial score (nSPS) is 9.43. The van der Waals surface area contributed by atoms with Crippen LogP contribution in [-0.2, 0) is 9.53 Å². The number of pyridine rings is 1. The molecule has 7 heteroatoms. The molecule has 0 unspecified atom stereocenters. The monoisotopic (exact) mass is 290 g/mol. The first kappa shape index (κ1) is 16.6. The first-order valence-corrected chi connectivity index (χ1v) is 6.35. The van der Waals surface area contributed by atoms with Gasteiger partial charge in [-0.15, -0.1) is 0 Å². The van der Waals surface area contributed by atoms with Crippen LogP contribution < -0.4 is 16.4 Å². The summed E-state index contributed by atoms with van der Waals surface area (Å²) >= 11 is 0. The van der Waals surface area contributed by atoms with Gasteiger partial charge in [0.25, 0.3) is 5.91 Å². The number of ether oxygens (including phenoxy) is 1. The highest BCUT2D eigenvalue weighted by Gasteiger charge is 2.11. The molecule has 0 aliphatic carbocycles. The van der Waals surface area contributed by atoms with Crippen LogP contribution >= 0.6 is 0 Å². The molecule has 0 saturated heterocycles. The third-order valence-electron chi connectivity index (χ3n) is 2.43. The Kier molecular flexibility index (Phi) is 7.50. The summed E-state index contributed by atoms with van der Waals surface area (Å²) in [5.41, 5.74) is 6.13. The van der Waals surface area contributed by atoms with E-state index in [9.17, 15) is 9.59 Å². The topological polar surface area (TPSA) is 106 Å². The molecule has 1 heterocycles. The van der Waals surface area contributed by atoms with E-state index in [0.29, 0.717) is 24.3 Å². The van der Waals surface area contributed by atoms with Crippen LogP contribution in [0.3, 0.4) is 0 Å². The summed E-state index contributed by atoms with van der Waals surface area (Å²) in [4.78, 5) is 27.4. The van der Waals surface area contributed by atoms with Gasteiger partial charge in [-0.25, -0.2) is 0 Å². The van der Waals surface area contributed by atoms with Gasteiger partial charge in [-0.3, -0.25) is 14.6 Å². The van der Waals surface area contributed by atoms with Crippen LogP contribution in [0.4, 0.5) is 0 Å². The predicted molar refractivity (Wildman–Crippen MR) is 77.4 cm³/mol. The van der Waals surface area contributed by atoms with E-state index >= 15 is 0 Å². The number of nitrogens with one attached hydrogen (secondary N) is 2. The van der Waals surface area contributed by atoms with Gasteiger partial charge in [0.05, 0.1) is 30.8 Å². The minimum atomic E-state index is -0.388. The summed E-state index contributed by atoms with van der Waals surface area (Å²) in [6.45, 7) is 0.892. The third kappa shape index (κ3) is 6.03. The van der Waals surface area contributed by atoms with Crippen molar-refractivity contribution in [3.63, 3.8) is 0 Å². The molecule has 0 atom stereocenters. The molecule has 0 aromatic carbocycles. The molecule has 112 valence electrons. The molecule has 2 amide bonds. The smallest absolute Gasteiger partial charge is 0.253 e. The fraction of sp³-hybridized carbons (Fsp3) is 0.357. The van der Waals surface area contributed by atoms with Gasteiger partial charge in [0.1, 0.15) is 0 Å². The number of amides is 2. The standard InChI is InChI=1S/C14H18N4O3/c1-21-8-7-17-13(19)10-18-14(20)12-4-6-16-9-11(12)3-2-5-15/h4,6,9H,5,7-8,10,15H2,1H3,(H,17,19)(H,18,20). The maximum atomic E-state index is 12.0. The number of rotatable bonds is 6. The molecule has 0 bridgehead atoms. The summed E-state index contributed by atoms with van der Waals surface area (Å²) in [5, 5.41) is 5.13. The van der Waals surface area contributed by atoms with Crippen molar-refractivity contribution in [3.05, 3.63) is 29.6 Å². The lowest BCUT2D eigenvalue weighted by Crippen LogP contribution is -2.38. The Morgan fingerprint density at radius 3 is 2.95 bits per heavy atom. The fourth-order valence-corrected chi connectivity index (χ4v) is 1.45. The van der Waals surface area contributed by atoms with Crippen LogP contribution in [0.1, 0.15) is 15.9 Å². The van der Waals surface area contributed by atoms with Gasteiger partial charge in [0.15, 0.2) is 0 Å². The molecular weight excluding hydrogens is 272 g/mol. The molecule has 1 aromatic rings. The second kappa shape index (κ2) is 9.47. The van der Waals surface area contributed by atoms with Gasteiger partial charge in [-0.2, -0.15) is 0 Å². The van der Waals surface area contributed by atoms with E-state index in [1.807, 2.05) is 0 Å². The zero-order valence-corrected chi connectivity index (χ0v) is 11.8. The molecule has 1 rings (SSSR count). The molecular formula is C14H18N4O3. The number of hydrogen-bond donors (Lipinski definition) is 3. The highest BCUT2D eigenvalue weighted by Crippen LogP contribution is 2.04. The fourth-order valence-electron chi connectivity index (χ4n) is 1.45. The lowest BCUT2D eigenvalue weighted by molar-refractivity contribution is -0.120. The Morgan fingerprint density at radius 1 is 1.43 bits per heavy atom. The van der Waals surface area contributed by atoms with Crippen molar-refractivity contribution in [2.45, 2.75) is 0 Å². The Bertz CT molecular complexity index is 549. The van der Waals surface area contributed by atoms with Gasteiger partial charge >= 0.3 is 0 Å². The summed E-state index contributed by atoms with van der Waals surface area (Å²) in [6, 6.07) is 1.54. The van der Waals surface area contributed by atoms with Crippen molar-refractivity contribution in [1.29, 1.82) is 0 Å². The minimum Gasteiger partial charge on any atom is -0.383 e. The molecule has 0 saturated carbocycles. The molecule has 4 N–H and O–H groups in total. The largest absolute Gasteiger partial charge is 0.383 e. The van der Waals surface area contributed by atoms with Crippen molar-refractivity contribution in [2.75, 3.05) is 33.4 Å². The van der Waals surface area contributed by atoms with E-state index in [4.69, 9.17) is 10.5 Å². The summed E-state index contributed by atoms with van der Waals surface area (Å²) < 4.78 is 4.81. The maximum Gasteiger partial charge on any atom is 0.253 e. The van der Waals surface area contributed by atoms with Crippen molar-refractivity contribution in [2.24, 2.45) is 5.73 Å². The zero-order valence-electron chi connectivity index (χ0n) is 11.8. The molecule has 7 nitrogen and oxygen atoms in total. The molecule has 0 fully saturated rings. The lowest BCUT2D eigenvalue weighted by Gasteiger charge is -2.07. The molecule has 0 aliphatic heterocycles. The SMILES string of the molecule is COCCNC(=O)CNC(=O)c1ccncc1C#CCN. The maximum absolute atomic E-state index is 12.0. The lowest BCUT2D eigenvalue weighted by atomic mass is 10.1. The second-order valence-electron chi connectivity index (χ2n) is 3.95. The Labute approximate surface area is 123 Å². The van der Waals surface area contributed by atoms with Gasteiger partial charge in [-0.1, -0.05) is 11.8 Å². The average molecular weight is 290 g/mol. The van der Waals surface area contributed by atoms with E-state index in [1.54, 1.807) is 13.2 Å². The van der Waals surface area contributed by atoms with Crippen molar-refractivity contribution < 1.29 is 14.3 Å². The van der Waals surface area contributed by atoms with Crippen LogP contribution in [0.15, 0.2) is 18.5 Å². The molecule has 0 radical (unpaired) electrons. The summed E-state index contributed by atoms with van der Waals surface area (Å²) in [7, 11) is 1.54. The number of hydrogen-bond acceptors (Lipinski definition) is 5. The number of carbonyl (C=O) groups excluding carboxylic acids is 2. The second-order valence-corrected chi connectivity index (χ2v) is 3.95. The molecule has 21 heavy (non-hydrogen) atoms. The van der Waals surface area contributed by atoms with Crippen molar-refractivity contribution >= 4 is 11.8 Å². The van der Waals surface area contributed by atoms with Crippen molar-refractivity contribution in [1.82, 2.24) is 15.6 Å². The number of nitrogens with two attached hydrogens (primary N) is 1. The van der Waals surface area contributed by atoms with Crippen LogP contribution in [0.2, 0.25) is 0 Å². The van der Waals surface area contributed by atoms with Gasteiger partial charge in [-0.05, 0) is 6.07 Å². The Hall–Kier alpha value is -2.43. The first-order valence-electron chi connectivity index (χ1n) is 6.35. The molecule has 1 aromatic heterocycles. The Morgan fingerprint density at radius 2 is 2.24 bits per heavy atom. The molecule has 0 aliphatic rings. The van der Waals surface area contributed by atoms with Crippen LogP contribution in [0, 0.1) is 11.8 Å². The van der Waals surface area contributed by atoms with E-state index in [0.717, 1.165) is 0 Å². The summed E-state index contributed by atoms with van der Waals surface area (Å²) in [5.74, 6) is 4.76. The van der Waals surface area contributed by atoms with E-state index in [-0.39, 0.29) is 24.9 Å². The van der Waals surface area contributed by atoms with Crippen molar-refractivity contribution in [3.8, 4) is 11.8 Å². The predicted octanol–water partition coefficient (Wildman–Crippen LogP) is -1.12. The zero-order chi connectivity index (χ0) is 15.5. The average Bonchev–Trinajstić information content (AvgIpc) is 2.51. The van der Waals surface area contributed by atoms with Crippen LogP contribution in [0.25, 0.3) is 0 Å². The highest BCUT2D eigenvalue weighted by atomic mass is 16.5. The van der Waals surface area contributed by atoms with Crippen LogP contribution in [-0.4, -0.2) is 50.1 Å². The highest BCUT2D eigenvalue weighted by molar-refractivity contribution is 5.98. The Balaban J connectivity index is 2.58. The van der Waals surface area contributed by atoms with Crippen LogP contribution in [0.5, 0.6) is 0 Å². The number of methoxy groups -OCH3 is 1.